The lowest BCUT2D eigenvalue weighted by molar-refractivity contribution is 0.0795. The van der Waals surface area contributed by atoms with Crippen molar-refractivity contribution in [3.05, 3.63) is 29.3 Å². The number of methoxy groups -OCH3 is 1. The largest absolute Gasteiger partial charge is 0.497 e. The molecule has 23 heavy (non-hydrogen) atoms. The number of aryl methyl sites for hydroxylation is 1. The summed E-state index contributed by atoms with van der Waals surface area (Å²) in [6, 6.07) is 5.36. The Kier molecular flexibility index (Phi) is 6.42. The second-order valence-corrected chi connectivity index (χ2v) is 6.53. The number of nitrogens with zero attached hydrogens (tertiary/aromatic N) is 1. The number of carbonyl (C=O) groups excluding carboxylic acids is 1. The third-order valence-electron chi connectivity index (χ3n) is 4.52. The van der Waals surface area contributed by atoms with E-state index in [0.717, 1.165) is 30.3 Å². The number of piperidine rings is 1. The van der Waals surface area contributed by atoms with Crippen molar-refractivity contribution in [3.8, 4) is 5.75 Å². The van der Waals surface area contributed by atoms with Crippen LogP contribution in [-0.2, 0) is 0 Å². The summed E-state index contributed by atoms with van der Waals surface area (Å²) in [6.07, 6.45) is 1.83. The normalized spacial score (nSPS) is 17.7. The van der Waals surface area contributed by atoms with Gasteiger partial charge in [-0.25, -0.2) is 0 Å². The van der Waals surface area contributed by atoms with E-state index in [2.05, 4.69) is 17.1 Å². The first-order valence-electron chi connectivity index (χ1n) is 8.33. The van der Waals surface area contributed by atoms with Crippen molar-refractivity contribution >= 4 is 5.91 Å². The van der Waals surface area contributed by atoms with Crippen molar-refractivity contribution in [2.24, 2.45) is 5.92 Å². The van der Waals surface area contributed by atoms with Crippen LogP contribution in [0.5, 0.6) is 5.75 Å². The molecule has 1 aromatic rings. The van der Waals surface area contributed by atoms with Gasteiger partial charge in [-0.15, -0.1) is 0 Å². The highest BCUT2D eigenvalue weighted by Gasteiger charge is 2.19. The van der Waals surface area contributed by atoms with Crippen molar-refractivity contribution in [3.63, 3.8) is 0 Å². The molecule has 1 amide bonds. The maximum Gasteiger partial charge on any atom is 0.251 e. The molecule has 5 nitrogen and oxygen atoms in total. The molecule has 2 N–H and O–H groups in total. The summed E-state index contributed by atoms with van der Waals surface area (Å²) >= 11 is 0. The van der Waals surface area contributed by atoms with Crippen LogP contribution in [0.15, 0.2) is 18.2 Å². The number of aliphatic hydroxyl groups excluding tert-OH is 1. The first-order valence-corrected chi connectivity index (χ1v) is 8.33. The van der Waals surface area contributed by atoms with Gasteiger partial charge in [-0.2, -0.15) is 0 Å². The van der Waals surface area contributed by atoms with Gasteiger partial charge in [0.2, 0.25) is 0 Å². The molecule has 1 heterocycles. The molecular weight excluding hydrogens is 292 g/mol. The molecule has 1 aromatic carbocycles. The van der Waals surface area contributed by atoms with E-state index in [1.807, 2.05) is 13.0 Å². The van der Waals surface area contributed by atoms with Crippen LogP contribution in [0, 0.1) is 12.8 Å². The van der Waals surface area contributed by atoms with Gasteiger partial charge in [-0.3, -0.25) is 4.79 Å². The Hall–Kier alpha value is -1.59. The molecule has 1 atom stereocenters. The highest BCUT2D eigenvalue weighted by atomic mass is 16.5. The summed E-state index contributed by atoms with van der Waals surface area (Å²) < 4.78 is 5.14. The molecule has 1 aliphatic heterocycles. The Bertz CT molecular complexity index is 525. The second kappa shape index (κ2) is 8.31. The number of ether oxygens (including phenoxy) is 1. The summed E-state index contributed by atoms with van der Waals surface area (Å²) in [7, 11) is 1.60. The van der Waals surface area contributed by atoms with Crippen LogP contribution in [0.1, 0.15) is 35.7 Å². The van der Waals surface area contributed by atoms with Gasteiger partial charge in [0, 0.05) is 18.7 Å². The standard InChI is InChI=1S/C18H28N2O3/c1-13-6-8-20(9-7-13)12-15(21)11-19-18(22)17-5-4-16(23-3)10-14(17)2/h4-5,10,13,15,21H,6-9,11-12H2,1-3H3,(H,19,22)/t15-/m1/s1. The first-order chi connectivity index (χ1) is 11.0. The number of hydrogen-bond donors (Lipinski definition) is 2. The van der Waals surface area contributed by atoms with Crippen LogP contribution in [0.3, 0.4) is 0 Å². The monoisotopic (exact) mass is 320 g/mol. The fourth-order valence-electron chi connectivity index (χ4n) is 2.93. The SMILES string of the molecule is COc1ccc(C(=O)NC[C@@H](O)CN2CCC(C)CC2)c(C)c1. The number of carbonyl (C=O) groups is 1. The van der Waals surface area contributed by atoms with Crippen LogP contribution < -0.4 is 10.1 Å². The molecule has 0 aliphatic carbocycles. The molecule has 128 valence electrons. The molecule has 1 saturated heterocycles. The summed E-state index contributed by atoms with van der Waals surface area (Å²) in [6.45, 7) is 7.10. The first kappa shape index (κ1) is 17.8. The van der Waals surface area contributed by atoms with E-state index in [-0.39, 0.29) is 12.5 Å². The zero-order chi connectivity index (χ0) is 16.8. The van der Waals surface area contributed by atoms with Gasteiger partial charge in [0.25, 0.3) is 5.91 Å². The molecule has 0 radical (unpaired) electrons. The lowest BCUT2D eigenvalue weighted by Gasteiger charge is -2.31. The average Bonchev–Trinajstić information content (AvgIpc) is 2.54. The number of aliphatic hydroxyl groups is 1. The number of likely N-dealkylation sites (tertiary alicyclic amines) is 1. The number of hydrogen-bond acceptors (Lipinski definition) is 4. The highest BCUT2D eigenvalue weighted by Crippen LogP contribution is 2.17. The van der Waals surface area contributed by atoms with Crippen molar-refractivity contribution in [1.29, 1.82) is 0 Å². The molecule has 0 bridgehead atoms. The van der Waals surface area contributed by atoms with Crippen LogP contribution >= 0.6 is 0 Å². The number of amides is 1. The Balaban J connectivity index is 1.79. The molecule has 1 fully saturated rings. The quantitative estimate of drug-likeness (QED) is 0.839. The molecule has 5 heteroatoms. The van der Waals surface area contributed by atoms with Crippen LogP contribution in [0.25, 0.3) is 0 Å². The van der Waals surface area contributed by atoms with Gasteiger partial charge in [-0.05, 0) is 62.5 Å². The molecular formula is C18H28N2O3. The third kappa shape index (κ3) is 5.22. The summed E-state index contributed by atoms with van der Waals surface area (Å²) in [5.74, 6) is 1.36. The Morgan fingerprint density at radius 1 is 1.43 bits per heavy atom. The minimum Gasteiger partial charge on any atom is -0.497 e. The number of benzene rings is 1. The molecule has 2 rings (SSSR count). The topological polar surface area (TPSA) is 61.8 Å². The lowest BCUT2D eigenvalue weighted by Crippen LogP contribution is -2.43. The minimum atomic E-state index is -0.536. The zero-order valence-corrected chi connectivity index (χ0v) is 14.3. The van der Waals surface area contributed by atoms with Crippen LogP contribution in [0.2, 0.25) is 0 Å². The molecule has 1 aliphatic rings. The van der Waals surface area contributed by atoms with Gasteiger partial charge < -0.3 is 20.1 Å². The Labute approximate surface area is 138 Å². The van der Waals surface area contributed by atoms with Crippen molar-refractivity contribution < 1.29 is 14.6 Å². The highest BCUT2D eigenvalue weighted by molar-refractivity contribution is 5.95. The maximum absolute atomic E-state index is 12.2. The van der Waals surface area contributed by atoms with Crippen LogP contribution in [-0.4, -0.2) is 55.3 Å². The minimum absolute atomic E-state index is 0.156. The van der Waals surface area contributed by atoms with E-state index in [0.29, 0.717) is 12.1 Å². The van der Waals surface area contributed by atoms with Gasteiger partial charge in [-0.1, -0.05) is 6.92 Å². The number of rotatable bonds is 6. The molecule has 0 saturated carbocycles. The predicted molar refractivity (Wildman–Crippen MR) is 90.9 cm³/mol. The zero-order valence-electron chi connectivity index (χ0n) is 14.3. The smallest absolute Gasteiger partial charge is 0.251 e. The van der Waals surface area contributed by atoms with E-state index in [1.165, 1.54) is 12.8 Å². The third-order valence-corrected chi connectivity index (χ3v) is 4.52. The van der Waals surface area contributed by atoms with E-state index in [1.54, 1.807) is 19.2 Å². The Morgan fingerprint density at radius 2 is 2.13 bits per heavy atom. The molecule has 0 spiro atoms. The predicted octanol–water partition coefficient (Wildman–Crippen LogP) is 1.83. The van der Waals surface area contributed by atoms with Crippen molar-refractivity contribution in [2.75, 3.05) is 33.3 Å². The van der Waals surface area contributed by atoms with Gasteiger partial charge in [0.15, 0.2) is 0 Å². The van der Waals surface area contributed by atoms with E-state index >= 15 is 0 Å². The van der Waals surface area contributed by atoms with Gasteiger partial charge in [0.05, 0.1) is 13.2 Å². The summed E-state index contributed by atoms with van der Waals surface area (Å²) in [4.78, 5) is 14.5. The van der Waals surface area contributed by atoms with E-state index in [9.17, 15) is 9.90 Å². The number of nitrogens with one attached hydrogen (secondary N) is 1. The van der Waals surface area contributed by atoms with Crippen molar-refractivity contribution in [2.45, 2.75) is 32.8 Å². The van der Waals surface area contributed by atoms with Gasteiger partial charge in [0.1, 0.15) is 5.75 Å². The van der Waals surface area contributed by atoms with Crippen molar-refractivity contribution in [1.82, 2.24) is 10.2 Å². The fourth-order valence-corrected chi connectivity index (χ4v) is 2.93. The van der Waals surface area contributed by atoms with Gasteiger partial charge >= 0.3 is 0 Å². The lowest BCUT2D eigenvalue weighted by atomic mass is 9.99. The van der Waals surface area contributed by atoms with Crippen LogP contribution in [0.4, 0.5) is 0 Å². The average molecular weight is 320 g/mol. The van der Waals surface area contributed by atoms with E-state index < -0.39 is 6.10 Å². The fraction of sp³-hybridized carbons (Fsp3) is 0.611. The number of β-amino-alcohol motifs (C(OH)–C–C–N with tert-alkyl or cyclic N) is 1. The summed E-state index contributed by atoms with van der Waals surface area (Å²) in [5, 5.41) is 13.0. The molecule has 0 aromatic heterocycles. The van der Waals surface area contributed by atoms with E-state index in [4.69, 9.17) is 4.74 Å². The Morgan fingerprint density at radius 3 is 2.74 bits per heavy atom. The summed E-state index contributed by atoms with van der Waals surface area (Å²) in [5.41, 5.74) is 1.48. The maximum atomic E-state index is 12.2. The second-order valence-electron chi connectivity index (χ2n) is 6.53. The molecule has 0 unspecified atom stereocenters.